The van der Waals surface area contributed by atoms with Crippen LogP contribution in [0.5, 0.6) is 5.75 Å². The Hall–Kier alpha value is -2.16. The van der Waals surface area contributed by atoms with E-state index in [1.165, 1.54) is 12.1 Å². The molecular weight excluding hydrogens is 255 g/mol. The summed E-state index contributed by atoms with van der Waals surface area (Å²) in [6.45, 7) is 3.65. The summed E-state index contributed by atoms with van der Waals surface area (Å²) in [4.78, 5) is 12.5. The van der Waals surface area contributed by atoms with Crippen molar-refractivity contribution in [2.45, 2.75) is 25.7 Å². The van der Waals surface area contributed by atoms with Crippen LogP contribution in [0.15, 0.2) is 48.5 Å². The molecule has 1 N–H and O–H groups in total. The second-order valence-electron chi connectivity index (χ2n) is 5.40. The molecule has 0 aliphatic carbocycles. The van der Waals surface area contributed by atoms with Crippen LogP contribution in [0, 0.1) is 5.82 Å². The van der Waals surface area contributed by atoms with E-state index in [0.29, 0.717) is 0 Å². The molecule has 0 aromatic heterocycles. The second kappa shape index (κ2) is 5.45. The van der Waals surface area contributed by atoms with E-state index in [9.17, 15) is 14.3 Å². The maximum atomic E-state index is 13.0. The van der Waals surface area contributed by atoms with Crippen molar-refractivity contribution in [2.75, 3.05) is 0 Å². The van der Waals surface area contributed by atoms with Crippen LogP contribution in [0.1, 0.15) is 25.0 Å². The van der Waals surface area contributed by atoms with Crippen LogP contribution in [0.4, 0.5) is 4.39 Å². The van der Waals surface area contributed by atoms with Gasteiger partial charge in [-0.05, 0) is 49.2 Å². The van der Waals surface area contributed by atoms with Crippen molar-refractivity contribution in [3.63, 3.8) is 0 Å². The van der Waals surface area contributed by atoms with Gasteiger partial charge < -0.3 is 5.11 Å². The zero-order valence-electron chi connectivity index (χ0n) is 11.6. The zero-order valence-corrected chi connectivity index (χ0v) is 11.6. The van der Waals surface area contributed by atoms with Gasteiger partial charge in [0.2, 0.25) is 0 Å². The van der Waals surface area contributed by atoms with Gasteiger partial charge in [0.15, 0.2) is 0 Å². The highest BCUT2D eigenvalue weighted by molar-refractivity contribution is 5.91. The number of hydrogen-bond acceptors (Lipinski definition) is 2. The summed E-state index contributed by atoms with van der Waals surface area (Å²) in [5.41, 5.74) is 0.855. The molecule has 0 saturated heterocycles. The molecule has 0 heterocycles. The van der Waals surface area contributed by atoms with E-state index >= 15 is 0 Å². The Balaban J connectivity index is 2.21. The van der Waals surface area contributed by atoms with Gasteiger partial charge in [0, 0.05) is 11.8 Å². The molecule has 0 amide bonds. The highest BCUT2D eigenvalue weighted by Crippen LogP contribution is 2.26. The van der Waals surface area contributed by atoms with Gasteiger partial charge in [-0.1, -0.05) is 24.3 Å². The second-order valence-corrected chi connectivity index (χ2v) is 5.40. The smallest absolute Gasteiger partial charge is 0.147 e. The molecule has 0 spiro atoms. The third-order valence-corrected chi connectivity index (χ3v) is 3.54. The van der Waals surface area contributed by atoms with Crippen molar-refractivity contribution in [3.05, 3.63) is 65.5 Å². The van der Waals surface area contributed by atoms with Gasteiger partial charge in [0.25, 0.3) is 0 Å². The number of benzene rings is 2. The molecule has 0 atom stereocenters. The van der Waals surface area contributed by atoms with Crippen LogP contribution in [-0.2, 0) is 16.6 Å². The molecule has 2 aromatic rings. The Labute approximate surface area is 117 Å². The standard InChI is InChI=1S/C17H17FO2/c1-17(2,13-6-8-14(18)9-7-13)16(20)11-12-4-3-5-15(19)10-12/h3-10,19H,11H2,1-2H3. The highest BCUT2D eigenvalue weighted by atomic mass is 19.1. The number of halogens is 1. The normalized spacial score (nSPS) is 11.3. The molecule has 20 heavy (non-hydrogen) atoms. The third-order valence-electron chi connectivity index (χ3n) is 3.54. The van der Waals surface area contributed by atoms with Crippen molar-refractivity contribution in [2.24, 2.45) is 0 Å². The van der Waals surface area contributed by atoms with Crippen molar-refractivity contribution >= 4 is 5.78 Å². The molecular formula is C17H17FO2. The molecule has 0 aliphatic heterocycles. The summed E-state index contributed by atoms with van der Waals surface area (Å²) in [6.07, 6.45) is 0.235. The fourth-order valence-electron chi connectivity index (χ4n) is 2.10. The largest absolute Gasteiger partial charge is 0.508 e. The Bertz CT molecular complexity index is 615. The molecule has 0 bridgehead atoms. The molecule has 0 saturated carbocycles. The Morgan fingerprint density at radius 1 is 1.15 bits per heavy atom. The first-order valence-electron chi connectivity index (χ1n) is 6.47. The Morgan fingerprint density at radius 3 is 2.40 bits per heavy atom. The molecule has 0 fully saturated rings. The first-order valence-corrected chi connectivity index (χ1v) is 6.47. The molecule has 3 heteroatoms. The maximum Gasteiger partial charge on any atom is 0.147 e. The molecule has 104 valence electrons. The van der Waals surface area contributed by atoms with E-state index in [1.54, 1.807) is 36.4 Å². The highest BCUT2D eigenvalue weighted by Gasteiger charge is 2.29. The molecule has 0 radical (unpaired) electrons. The van der Waals surface area contributed by atoms with Gasteiger partial charge >= 0.3 is 0 Å². The number of rotatable bonds is 4. The molecule has 0 unspecified atom stereocenters. The van der Waals surface area contributed by atoms with Crippen LogP contribution < -0.4 is 0 Å². The number of phenols is 1. The maximum absolute atomic E-state index is 13.0. The Kier molecular flexibility index (Phi) is 3.89. The summed E-state index contributed by atoms with van der Waals surface area (Å²) in [6, 6.07) is 12.7. The fourth-order valence-corrected chi connectivity index (χ4v) is 2.10. The predicted molar refractivity (Wildman–Crippen MR) is 76.2 cm³/mol. The molecule has 0 aliphatic rings. The topological polar surface area (TPSA) is 37.3 Å². The first-order chi connectivity index (χ1) is 9.39. The summed E-state index contributed by atoms with van der Waals surface area (Å²) >= 11 is 0. The lowest BCUT2D eigenvalue weighted by Gasteiger charge is -2.24. The summed E-state index contributed by atoms with van der Waals surface area (Å²) in [5, 5.41) is 9.42. The number of ketones is 1. The van der Waals surface area contributed by atoms with Crippen LogP contribution in [-0.4, -0.2) is 10.9 Å². The van der Waals surface area contributed by atoms with Crippen LogP contribution >= 0.6 is 0 Å². The SMILES string of the molecule is CC(C)(C(=O)Cc1cccc(O)c1)c1ccc(F)cc1. The lowest BCUT2D eigenvalue weighted by atomic mass is 9.78. The average Bonchev–Trinajstić information content (AvgIpc) is 2.39. The molecule has 2 nitrogen and oxygen atoms in total. The molecule has 2 rings (SSSR count). The number of carbonyl (C=O) groups excluding carboxylic acids is 1. The summed E-state index contributed by atoms with van der Waals surface area (Å²) < 4.78 is 13.0. The van der Waals surface area contributed by atoms with E-state index in [1.807, 2.05) is 13.8 Å². The average molecular weight is 272 g/mol. The van der Waals surface area contributed by atoms with Gasteiger partial charge in [-0.3, -0.25) is 4.79 Å². The van der Waals surface area contributed by atoms with Crippen molar-refractivity contribution in [1.29, 1.82) is 0 Å². The fraction of sp³-hybridized carbons (Fsp3) is 0.235. The van der Waals surface area contributed by atoms with Crippen molar-refractivity contribution < 1.29 is 14.3 Å². The summed E-state index contributed by atoms with van der Waals surface area (Å²) in [5.74, 6) is -0.144. The lowest BCUT2D eigenvalue weighted by Crippen LogP contribution is -2.30. The molecule has 2 aromatic carbocycles. The lowest BCUT2D eigenvalue weighted by molar-refractivity contribution is -0.122. The van der Waals surface area contributed by atoms with Gasteiger partial charge in [-0.15, -0.1) is 0 Å². The number of aromatic hydroxyl groups is 1. The Morgan fingerprint density at radius 2 is 1.80 bits per heavy atom. The van der Waals surface area contributed by atoms with Crippen LogP contribution in [0.25, 0.3) is 0 Å². The van der Waals surface area contributed by atoms with E-state index in [4.69, 9.17) is 0 Å². The van der Waals surface area contributed by atoms with E-state index in [-0.39, 0.29) is 23.8 Å². The predicted octanol–water partition coefficient (Wildman–Crippen LogP) is 3.62. The van der Waals surface area contributed by atoms with Gasteiger partial charge in [-0.25, -0.2) is 4.39 Å². The number of carbonyl (C=O) groups is 1. The van der Waals surface area contributed by atoms with Crippen LogP contribution in [0.3, 0.4) is 0 Å². The van der Waals surface area contributed by atoms with Gasteiger partial charge in [0.05, 0.1) is 0 Å². The zero-order chi connectivity index (χ0) is 14.8. The number of phenolic OH excluding ortho intramolecular Hbond substituents is 1. The summed E-state index contributed by atoms with van der Waals surface area (Å²) in [7, 11) is 0. The van der Waals surface area contributed by atoms with E-state index in [0.717, 1.165) is 11.1 Å². The number of hydrogen-bond donors (Lipinski definition) is 1. The van der Waals surface area contributed by atoms with Gasteiger partial charge in [-0.2, -0.15) is 0 Å². The minimum absolute atomic E-state index is 0.0229. The van der Waals surface area contributed by atoms with Crippen LogP contribution in [0.2, 0.25) is 0 Å². The van der Waals surface area contributed by atoms with Crippen molar-refractivity contribution in [3.8, 4) is 5.75 Å². The van der Waals surface area contributed by atoms with E-state index in [2.05, 4.69) is 0 Å². The quantitative estimate of drug-likeness (QED) is 0.923. The first kappa shape index (κ1) is 14.3. The van der Waals surface area contributed by atoms with Gasteiger partial charge in [0.1, 0.15) is 17.3 Å². The third kappa shape index (κ3) is 3.05. The van der Waals surface area contributed by atoms with E-state index < -0.39 is 5.41 Å². The van der Waals surface area contributed by atoms with Crippen molar-refractivity contribution in [1.82, 2.24) is 0 Å². The minimum atomic E-state index is -0.695. The monoisotopic (exact) mass is 272 g/mol. The minimum Gasteiger partial charge on any atom is -0.508 e. The number of Topliss-reactive ketones (excluding diaryl/α,β-unsaturated/α-hetero) is 1.